The van der Waals surface area contributed by atoms with Crippen LogP contribution in [0.15, 0.2) is 23.1 Å². The first kappa shape index (κ1) is 14.0. The smallest absolute Gasteiger partial charge is 0.251 e. The number of halogens is 1. The third kappa shape index (κ3) is 4.04. The summed E-state index contributed by atoms with van der Waals surface area (Å²) in [6, 6.07) is 4.37. The highest BCUT2D eigenvalue weighted by molar-refractivity contribution is 7.80. The van der Waals surface area contributed by atoms with Gasteiger partial charge in [-0.2, -0.15) is 0 Å². The Morgan fingerprint density at radius 3 is 2.71 bits per heavy atom. The summed E-state index contributed by atoms with van der Waals surface area (Å²) < 4.78 is 13.0. The minimum Gasteiger partial charge on any atom is -0.349 e. The molecular formula is C13H18FNOS. The van der Waals surface area contributed by atoms with Gasteiger partial charge in [-0.15, -0.1) is 12.6 Å². The molecule has 0 aliphatic carbocycles. The second-order valence-corrected chi connectivity index (χ2v) is 4.52. The number of amides is 1. The summed E-state index contributed by atoms with van der Waals surface area (Å²) in [7, 11) is 0. The van der Waals surface area contributed by atoms with Gasteiger partial charge in [0.15, 0.2) is 0 Å². The Balaban J connectivity index is 2.72. The lowest BCUT2D eigenvalue weighted by molar-refractivity contribution is 0.0933. The van der Waals surface area contributed by atoms with Crippen LogP contribution in [0, 0.1) is 5.82 Å². The van der Waals surface area contributed by atoms with Crippen LogP contribution < -0.4 is 5.32 Å². The largest absolute Gasteiger partial charge is 0.349 e. The molecule has 17 heavy (non-hydrogen) atoms. The second kappa shape index (κ2) is 6.64. The van der Waals surface area contributed by atoms with Crippen molar-refractivity contribution < 1.29 is 9.18 Å². The van der Waals surface area contributed by atoms with Gasteiger partial charge >= 0.3 is 0 Å². The molecule has 0 spiro atoms. The molecule has 0 saturated heterocycles. The van der Waals surface area contributed by atoms with Crippen molar-refractivity contribution in [3.8, 4) is 0 Å². The summed E-state index contributed by atoms with van der Waals surface area (Å²) in [5, 5.41) is 2.94. The fourth-order valence-corrected chi connectivity index (χ4v) is 1.86. The predicted molar refractivity (Wildman–Crippen MR) is 70.1 cm³/mol. The van der Waals surface area contributed by atoms with Crippen LogP contribution in [0.4, 0.5) is 4.39 Å². The van der Waals surface area contributed by atoms with Gasteiger partial charge in [0.2, 0.25) is 0 Å². The van der Waals surface area contributed by atoms with Crippen molar-refractivity contribution in [3.63, 3.8) is 0 Å². The highest BCUT2D eigenvalue weighted by atomic mass is 32.1. The SMILES string of the molecule is CCCC(CC)NC(=O)c1ccc(F)c(S)c1. The maximum atomic E-state index is 13.0. The predicted octanol–water partition coefficient (Wildman–Crippen LogP) is 3.42. The lowest BCUT2D eigenvalue weighted by Crippen LogP contribution is -2.34. The molecule has 0 aliphatic heterocycles. The Kier molecular flexibility index (Phi) is 5.48. The minimum absolute atomic E-state index is 0.166. The molecule has 1 rings (SSSR count). The maximum absolute atomic E-state index is 13.0. The normalized spacial score (nSPS) is 12.2. The van der Waals surface area contributed by atoms with Crippen LogP contribution in [0.25, 0.3) is 0 Å². The number of carbonyl (C=O) groups is 1. The number of nitrogens with one attached hydrogen (secondary N) is 1. The summed E-state index contributed by atoms with van der Waals surface area (Å²) >= 11 is 3.96. The zero-order valence-corrected chi connectivity index (χ0v) is 11.1. The van der Waals surface area contributed by atoms with E-state index in [9.17, 15) is 9.18 Å². The zero-order valence-electron chi connectivity index (χ0n) is 10.2. The molecule has 1 N–H and O–H groups in total. The van der Waals surface area contributed by atoms with Crippen LogP contribution in [0.3, 0.4) is 0 Å². The molecule has 2 nitrogen and oxygen atoms in total. The molecule has 0 bridgehead atoms. The average Bonchev–Trinajstić information content (AvgIpc) is 2.31. The highest BCUT2D eigenvalue weighted by Gasteiger charge is 2.12. The van der Waals surface area contributed by atoms with E-state index in [-0.39, 0.29) is 16.8 Å². The molecule has 1 unspecified atom stereocenters. The molecule has 0 aliphatic rings. The molecule has 1 atom stereocenters. The third-order valence-electron chi connectivity index (χ3n) is 2.67. The molecule has 1 amide bonds. The van der Waals surface area contributed by atoms with Gasteiger partial charge in [0.25, 0.3) is 5.91 Å². The molecule has 94 valence electrons. The first-order chi connectivity index (χ1) is 8.08. The number of benzene rings is 1. The molecule has 0 radical (unpaired) electrons. The van der Waals surface area contributed by atoms with E-state index < -0.39 is 5.82 Å². The van der Waals surface area contributed by atoms with Gasteiger partial charge in [0, 0.05) is 16.5 Å². The highest BCUT2D eigenvalue weighted by Crippen LogP contribution is 2.14. The van der Waals surface area contributed by atoms with Gasteiger partial charge in [0.1, 0.15) is 5.82 Å². The molecule has 1 aromatic rings. The quantitative estimate of drug-likeness (QED) is 0.776. The van der Waals surface area contributed by atoms with Crippen LogP contribution in [-0.4, -0.2) is 11.9 Å². The fraction of sp³-hybridized carbons (Fsp3) is 0.462. The van der Waals surface area contributed by atoms with Crippen molar-refractivity contribution >= 4 is 18.5 Å². The molecule has 1 aromatic carbocycles. The monoisotopic (exact) mass is 255 g/mol. The van der Waals surface area contributed by atoms with Crippen LogP contribution in [0.2, 0.25) is 0 Å². The third-order valence-corrected chi connectivity index (χ3v) is 3.02. The van der Waals surface area contributed by atoms with Gasteiger partial charge in [0.05, 0.1) is 0 Å². The van der Waals surface area contributed by atoms with Crippen molar-refractivity contribution in [3.05, 3.63) is 29.6 Å². The first-order valence-corrected chi connectivity index (χ1v) is 6.32. The number of rotatable bonds is 5. The van der Waals surface area contributed by atoms with Crippen molar-refractivity contribution in [1.82, 2.24) is 5.32 Å². The molecule has 0 saturated carbocycles. The molecule has 0 heterocycles. The van der Waals surface area contributed by atoms with Crippen molar-refractivity contribution in [1.29, 1.82) is 0 Å². The molecule has 4 heteroatoms. The number of carbonyl (C=O) groups excluding carboxylic acids is 1. The van der Waals surface area contributed by atoms with Crippen molar-refractivity contribution in [2.24, 2.45) is 0 Å². The summed E-state index contributed by atoms with van der Waals surface area (Å²) in [6.07, 6.45) is 2.88. The fourth-order valence-electron chi connectivity index (χ4n) is 1.65. The number of hydrogen-bond acceptors (Lipinski definition) is 2. The Morgan fingerprint density at radius 1 is 1.47 bits per heavy atom. The lowest BCUT2D eigenvalue weighted by Gasteiger charge is -2.16. The first-order valence-electron chi connectivity index (χ1n) is 5.87. The minimum atomic E-state index is -0.412. The van der Waals surface area contributed by atoms with E-state index in [4.69, 9.17) is 0 Å². The van der Waals surface area contributed by atoms with E-state index in [0.29, 0.717) is 5.56 Å². The number of hydrogen-bond donors (Lipinski definition) is 2. The van der Waals surface area contributed by atoms with E-state index in [1.54, 1.807) is 0 Å². The van der Waals surface area contributed by atoms with Crippen molar-refractivity contribution in [2.45, 2.75) is 44.0 Å². The van der Waals surface area contributed by atoms with Gasteiger partial charge < -0.3 is 5.32 Å². The van der Waals surface area contributed by atoms with Crippen LogP contribution in [-0.2, 0) is 0 Å². The van der Waals surface area contributed by atoms with Crippen LogP contribution in [0.1, 0.15) is 43.5 Å². The number of thiol groups is 1. The van der Waals surface area contributed by atoms with E-state index >= 15 is 0 Å². The zero-order chi connectivity index (χ0) is 12.8. The Labute approximate surface area is 107 Å². The van der Waals surface area contributed by atoms with Crippen molar-refractivity contribution in [2.75, 3.05) is 0 Å². The van der Waals surface area contributed by atoms with Crippen LogP contribution in [0.5, 0.6) is 0 Å². The topological polar surface area (TPSA) is 29.1 Å². The molecule has 0 fully saturated rings. The standard InChI is InChI=1S/C13H18FNOS/c1-3-5-10(4-2)15-13(16)9-6-7-11(14)12(17)8-9/h6-8,10,17H,3-5H2,1-2H3,(H,15,16). The summed E-state index contributed by atoms with van der Waals surface area (Å²) in [6.45, 7) is 4.12. The van der Waals surface area contributed by atoms with E-state index in [2.05, 4.69) is 24.9 Å². The Bertz CT molecular complexity index is 395. The summed E-state index contributed by atoms with van der Waals surface area (Å²) in [5.41, 5.74) is 0.450. The van der Waals surface area contributed by atoms with E-state index in [1.807, 2.05) is 6.92 Å². The average molecular weight is 255 g/mol. The summed E-state index contributed by atoms with van der Waals surface area (Å²) in [4.78, 5) is 12.1. The maximum Gasteiger partial charge on any atom is 0.251 e. The second-order valence-electron chi connectivity index (χ2n) is 4.03. The van der Waals surface area contributed by atoms with Gasteiger partial charge in [-0.1, -0.05) is 20.3 Å². The lowest BCUT2D eigenvalue weighted by atomic mass is 10.1. The Morgan fingerprint density at radius 2 is 2.18 bits per heavy atom. The Hall–Kier alpha value is -1.03. The van der Waals surface area contributed by atoms with Gasteiger partial charge in [-0.05, 0) is 31.0 Å². The van der Waals surface area contributed by atoms with E-state index in [0.717, 1.165) is 19.3 Å². The molecular weight excluding hydrogens is 237 g/mol. The van der Waals surface area contributed by atoms with Gasteiger partial charge in [-0.3, -0.25) is 4.79 Å². The van der Waals surface area contributed by atoms with Crippen LogP contribution >= 0.6 is 12.6 Å². The van der Waals surface area contributed by atoms with Gasteiger partial charge in [-0.25, -0.2) is 4.39 Å². The molecule has 0 aromatic heterocycles. The van der Waals surface area contributed by atoms with E-state index in [1.165, 1.54) is 18.2 Å². The summed E-state index contributed by atoms with van der Waals surface area (Å²) in [5.74, 6) is -0.578.